The summed E-state index contributed by atoms with van der Waals surface area (Å²) in [5.41, 5.74) is 5.95. The van der Waals surface area contributed by atoms with Gasteiger partial charge in [-0.3, -0.25) is 4.90 Å². The van der Waals surface area contributed by atoms with Gasteiger partial charge in [0.15, 0.2) is 0 Å². The van der Waals surface area contributed by atoms with E-state index in [4.69, 9.17) is 35.4 Å². The fourth-order valence-electron chi connectivity index (χ4n) is 4.36. The Morgan fingerprint density at radius 2 is 1.35 bits per heavy atom. The Kier molecular flexibility index (Phi) is 6.35. The number of fused-ring (bicyclic) bond motifs is 1. The topological polar surface area (TPSA) is 23.5 Å². The van der Waals surface area contributed by atoms with Gasteiger partial charge >= 0.3 is 0 Å². The van der Waals surface area contributed by atoms with Crippen molar-refractivity contribution in [3.05, 3.63) is 86.9 Å². The van der Waals surface area contributed by atoms with E-state index in [1.54, 1.807) is 0 Å². The predicted molar refractivity (Wildman–Crippen MR) is 151 cm³/mol. The third-order valence-corrected chi connectivity index (χ3v) is 7.10. The lowest BCUT2D eigenvalue weighted by atomic mass is 9.78. The van der Waals surface area contributed by atoms with Crippen molar-refractivity contribution in [2.75, 3.05) is 4.90 Å². The number of nitrogens with zero attached hydrogens (tertiary/aromatic N) is 1. The minimum atomic E-state index is -0.218. The van der Waals surface area contributed by atoms with Crippen LogP contribution in [0.3, 0.4) is 0 Å². The number of halogens is 2. The lowest BCUT2D eigenvalue weighted by Crippen LogP contribution is -2.19. The number of thiocarbonyl (C=S) groups is 1. The highest BCUT2D eigenvalue weighted by atomic mass is 35.5. The average Bonchev–Trinajstić information content (AvgIpc) is 2.99. The van der Waals surface area contributed by atoms with Gasteiger partial charge < -0.3 is 5.11 Å². The van der Waals surface area contributed by atoms with Gasteiger partial charge in [-0.2, -0.15) is 0 Å². The number of benzene rings is 3. The van der Waals surface area contributed by atoms with Crippen molar-refractivity contribution in [2.45, 2.75) is 52.4 Å². The van der Waals surface area contributed by atoms with Crippen LogP contribution in [-0.2, 0) is 10.8 Å². The van der Waals surface area contributed by atoms with Crippen molar-refractivity contribution in [1.29, 1.82) is 0 Å². The smallest absolute Gasteiger partial charge is 0.123 e. The molecule has 0 aromatic heterocycles. The largest absolute Gasteiger partial charge is 0.507 e. The summed E-state index contributed by atoms with van der Waals surface area (Å²) in [4.78, 5) is 2.59. The molecule has 1 N–H and O–H groups in total. The number of rotatable bonds is 2. The summed E-state index contributed by atoms with van der Waals surface area (Å²) < 4.78 is 0. The second-order valence-corrected chi connectivity index (χ2v) is 12.0. The van der Waals surface area contributed by atoms with E-state index < -0.39 is 0 Å². The van der Waals surface area contributed by atoms with E-state index in [0.29, 0.717) is 26.5 Å². The van der Waals surface area contributed by atoms with Crippen LogP contribution in [-0.4, -0.2) is 10.1 Å². The monoisotopic (exact) mass is 509 g/mol. The summed E-state index contributed by atoms with van der Waals surface area (Å²) in [5.74, 6) is 0.362. The maximum Gasteiger partial charge on any atom is 0.123 e. The Morgan fingerprint density at radius 1 is 0.824 bits per heavy atom. The molecule has 0 bridgehead atoms. The Labute approximate surface area is 217 Å². The van der Waals surface area contributed by atoms with Crippen molar-refractivity contribution in [2.24, 2.45) is 0 Å². The van der Waals surface area contributed by atoms with Crippen LogP contribution in [0.1, 0.15) is 63.8 Å². The van der Waals surface area contributed by atoms with Crippen LogP contribution in [0.2, 0.25) is 10.0 Å². The molecule has 0 radical (unpaired) electrons. The fraction of sp³-hybridized carbons (Fsp3) is 0.276. The number of hydrogen-bond acceptors (Lipinski definition) is 2. The van der Waals surface area contributed by atoms with E-state index in [2.05, 4.69) is 65.8 Å². The highest BCUT2D eigenvalue weighted by molar-refractivity contribution is 7.81. The van der Waals surface area contributed by atoms with Gasteiger partial charge in [0.2, 0.25) is 0 Å². The van der Waals surface area contributed by atoms with E-state index in [-0.39, 0.29) is 10.8 Å². The summed E-state index contributed by atoms with van der Waals surface area (Å²) in [6.45, 7) is 12.7. The van der Waals surface area contributed by atoms with Crippen LogP contribution >= 0.6 is 35.4 Å². The molecule has 176 valence electrons. The van der Waals surface area contributed by atoms with Crippen LogP contribution in [0, 0.1) is 0 Å². The average molecular weight is 511 g/mol. The molecule has 3 aromatic carbocycles. The van der Waals surface area contributed by atoms with Crippen molar-refractivity contribution >= 4 is 63.4 Å². The van der Waals surface area contributed by atoms with E-state index in [0.717, 1.165) is 33.5 Å². The molecule has 0 unspecified atom stereocenters. The third-order valence-electron chi connectivity index (χ3n) is 6.09. The molecule has 0 aliphatic carbocycles. The van der Waals surface area contributed by atoms with E-state index in [1.165, 1.54) is 0 Å². The molecule has 1 aliphatic heterocycles. The van der Waals surface area contributed by atoms with Gasteiger partial charge in [0.05, 0.1) is 21.4 Å². The molecular weight excluding hydrogens is 481 g/mol. The van der Waals surface area contributed by atoms with Crippen LogP contribution in [0.5, 0.6) is 5.75 Å². The zero-order chi connectivity index (χ0) is 25.0. The molecule has 0 atom stereocenters. The summed E-state index contributed by atoms with van der Waals surface area (Å²) in [7, 11) is 0. The van der Waals surface area contributed by atoms with Crippen LogP contribution in [0.25, 0.3) is 11.6 Å². The first-order valence-electron chi connectivity index (χ1n) is 11.3. The van der Waals surface area contributed by atoms with Gasteiger partial charge in [0.1, 0.15) is 10.7 Å². The molecule has 1 heterocycles. The summed E-state index contributed by atoms with van der Waals surface area (Å²) in [5, 5.41) is 12.2. The van der Waals surface area contributed by atoms with Crippen LogP contribution < -0.4 is 4.90 Å². The van der Waals surface area contributed by atoms with Crippen LogP contribution in [0.15, 0.2) is 54.6 Å². The minimum Gasteiger partial charge on any atom is -0.507 e. The first-order valence-corrected chi connectivity index (χ1v) is 12.4. The number of phenols is 1. The Hall–Kier alpha value is -2.33. The lowest BCUT2D eigenvalue weighted by molar-refractivity contribution is 0.423. The lowest BCUT2D eigenvalue weighted by Gasteiger charge is -2.28. The summed E-state index contributed by atoms with van der Waals surface area (Å²) >= 11 is 19.1. The molecular formula is C29H29Cl2NOS. The first-order chi connectivity index (χ1) is 15.8. The number of phenolic OH excluding ortho intramolecular Hbond substituents is 1. The molecule has 0 spiro atoms. The second-order valence-electron chi connectivity index (χ2n) is 10.8. The molecule has 3 aromatic rings. The number of anilines is 2. The number of para-hydroxylation sites is 2. The molecule has 1 aliphatic rings. The van der Waals surface area contributed by atoms with Gasteiger partial charge in [0.25, 0.3) is 0 Å². The van der Waals surface area contributed by atoms with Gasteiger partial charge in [-0.25, -0.2) is 0 Å². The highest BCUT2D eigenvalue weighted by Crippen LogP contribution is 2.48. The van der Waals surface area contributed by atoms with E-state index in [1.807, 2.05) is 41.3 Å². The van der Waals surface area contributed by atoms with E-state index >= 15 is 0 Å². The number of hydrogen-bond donors (Lipinski definition) is 1. The van der Waals surface area contributed by atoms with Crippen molar-refractivity contribution in [3.8, 4) is 5.75 Å². The predicted octanol–water partition coefficient (Wildman–Crippen LogP) is 9.31. The fourth-order valence-corrected chi connectivity index (χ4v) is 5.28. The quantitative estimate of drug-likeness (QED) is 0.274. The Bertz CT molecular complexity index is 1270. The van der Waals surface area contributed by atoms with E-state index in [9.17, 15) is 5.11 Å². The van der Waals surface area contributed by atoms with Gasteiger partial charge in [-0.05, 0) is 52.8 Å². The molecule has 4 rings (SSSR count). The molecule has 0 fully saturated rings. The third kappa shape index (κ3) is 4.37. The summed E-state index contributed by atoms with van der Waals surface area (Å²) in [6, 6.07) is 17.7. The van der Waals surface area contributed by atoms with Gasteiger partial charge in [-0.15, -0.1) is 0 Å². The standard InChI is InChI=1S/C29H29Cl2NOS/c1-28(2,3)20-15-17(16-21(26(20)33)29(4,5)6)14-19-18-10-7-8-13-24(18)32(27(19)34)25-22(30)11-9-12-23(25)31/h7-16,33H,1-6H3. The van der Waals surface area contributed by atoms with Gasteiger partial charge in [0, 0.05) is 22.3 Å². The highest BCUT2D eigenvalue weighted by Gasteiger charge is 2.33. The Balaban J connectivity index is 1.95. The molecule has 5 heteroatoms. The SMILES string of the molecule is CC(C)(C)c1cc(C=C2C(=S)N(c3c(Cl)cccc3Cl)c3ccccc32)cc(C(C)(C)C)c1O. The number of aromatic hydroxyl groups is 1. The van der Waals surface area contributed by atoms with Crippen molar-refractivity contribution in [1.82, 2.24) is 0 Å². The molecule has 0 saturated heterocycles. The molecule has 0 amide bonds. The molecule has 2 nitrogen and oxygen atoms in total. The zero-order valence-electron chi connectivity index (χ0n) is 20.3. The Morgan fingerprint density at radius 3 is 1.88 bits per heavy atom. The molecule has 0 saturated carbocycles. The van der Waals surface area contributed by atoms with Crippen molar-refractivity contribution in [3.63, 3.8) is 0 Å². The maximum absolute atomic E-state index is 11.1. The van der Waals surface area contributed by atoms with Crippen LogP contribution in [0.4, 0.5) is 11.4 Å². The second kappa shape index (κ2) is 8.71. The van der Waals surface area contributed by atoms with Gasteiger partial charge in [-0.1, -0.05) is 101 Å². The molecule has 34 heavy (non-hydrogen) atoms. The maximum atomic E-state index is 11.1. The van der Waals surface area contributed by atoms with Crippen molar-refractivity contribution < 1.29 is 5.11 Å². The zero-order valence-corrected chi connectivity index (χ0v) is 22.7. The normalized spacial score (nSPS) is 15.2. The summed E-state index contributed by atoms with van der Waals surface area (Å²) in [6.07, 6.45) is 2.11. The first kappa shape index (κ1) is 24.8. The minimum absolute atomic E-state index is 0.218.